The van der Waals surface area contributed by atoms with E-state index in [2.05, 4.69) is 10.3 Å². The molecule has 2 aromatic rings. The van der Waals surface area contributed by atoms with Gasteiger partial charge in [0.15, 0.2) is 0 Å². The van der Waals surface area contributed by atoms with E-state index >= 15 is 0 Å². The van der Waals surface area contributed by atoms with Crippen molar-refractivity contribution in [2.24, 2.45) is 0 Å². The lowest BCUT2D eigenvalue weighted by Crippen LogP contribution is -2.47. The van der Waals surface area contributed by atoms with E-state index < -0.39 is 0 Å². The van der Waals surface area contributed by atoms with Crippen LogP contribution in [0.15, 0.2) is 29.1 Å². The highest BCUT2D eigenvalue weighted by molar-refractivity contribution is 5.79. The third-order valence-corrected chi connectivity index (χ3v) is 3.65. The largest absolute Gasteiger partial charge is 0.354 e. The molecule has 1 fully saturated rings. The number of hydrogen-bond acceptors (Lipinski definition) is 5. The van der Waals surface area contributed by atoms with Crippen molar-refractivity contribution in [1.29, 1.82) is 5.26 Å². The molecule has 1 aliphatic rings. The number of fused-ring (bicyclic) bond motifs is 1. The van der Waals surface area contributed by atoms with E-state index in [0.717, 1.165) is 0 Å². The number of para-hydroxylation sites is 1. The molecule has 1 aromatic carbocycles. The van der Waals surface area contributed by atoms with Crippen molar-refractivity contribution in [3.05, 3.63) is 40.4 Å². The van der Waals surface area contributed by atoms with Gasteiger partial charge in [0.05, 0.1) is 30.1 Å². The van der Waals surface area contributed by atoms with Gasteiger partial charge in [0.25, 0.3) is 5.56 Å². The van der Waals surface area contributed by atoms with Crippen molar-refractivity contribution < 1.29 is 4.79 Å². The Balaban J connectivity index is 2.03. The van der Waals surface area contributed by atoms with Gasteiger partial charge in [0.1, 0.15) is 12.4 Å². The molecule has 7 nitrogen and oxygen atoms in total. The standard InChI is InChI=1S/C15H15N5O2/c16-5-7-20-13(9-19-8-6-17-14(21)10-19)18-12-4-2-1-3-11(12)15(20)22/h1-4H,6-10H2,(H,17,21). The highest BCUT2D eigenvalue weighted by Gasteiger charge is 2.19. The molecule has 1 N–H and O–H groups in total. The van der Waals surface area contributed by atoms with Crippen LogP contribution in [0.25, 0.3) is 10.9 Å². The summed E-state index contributed by atoms with van der Waals surface area (Å²) in [4.78, 5) is 30.4. The molecule has 1 aromatic heterocycles. The van der Waals surface area contributed by atoms with E-state index in [1.165, 1.54) is 4.57 Å². The second-order valence-electron chi connectivity index (χ2n) is 5.16. The van der Waals surface area contributed by atoms with E-state index in [9.17, 15) is 9.59 Å². The minimum atomic E-state index is -0.219. The summed E-state index contributed by atoms with van der Waals surface area (Å²) in [6.07, 6.45) is 0. The van der Waals surface area contributed by atoms with Crippen LogP contribution in [-0.2, 0) is 17.9 Å². The first-order chi connectivity index (χ1) is 10.7. The third kappa shape index (κ3) is 2.69. The Bertz CT molecular complexity index is 821. The summed E-state index contributed by atoms with van der Waals surface area (Å²) in [5.41, 5.74) is 0.391. The van der Waals surface area contributed by atoms with Crippen LogP contribution in [0.2, 0.25) is 0 Å². The zero-order valence-corrected chi connectivity index (χ0v) is 12.0. The Kier molecular flexibility index (Phi) is 3.85. The van der Waals surface area contributed by atoms with Crippen LogP contribution >= 0.6 is 0 Å². The number of benzene rings is 1. The van der Waals surface area contributed by atoms with Gasteiger partial charge in [-0.2, -0.15) is 5.26 Å². The maximum absolute atomic E-state index is 12.5. The number of amides is 1. The summed E-state index contributed by atoms with van der Waals surface area (Å²) in [5, 5.41) is 12.2. The summed E-state index contributed by atoms with van der Waals surface area (Å²) in [6, 6.07) is 9.08. The summed E-state index contributed by atoms with van der Waals surface area (Å²) in [7, 11) is 0. The highest BCUT2D eigenvalue weighted by Crippen LogP contribution is 2.10. The molecule has 2 heterocycles. The minimum absolute atomic E-state index is 0.0405. The van der Waals surface area contributed by atoms with Gasteiger partial charge in [0.2, 0.25) is 5.91 Å². The Morgan fingerprint density at radius 2 is 2.14 bits per heavy atom. The zero-order valence-electron chi connectivity index (χ0n) is 12.0. The van der Waals surface area contributed by atoms with Crippen molar-refractivity contribution in [3.63, 3.8) is 0 Å². The fraction of sp³-hybridized carbons (Fsp3) is 0.333. The molecule has 0 atom stereocenters. The molecule has 22 heavy (non-hydrogen) atoms. The topological polar surface area (TPSA) is 91.0 Å². The lowest BCUT2D eigenvalue weighted by Gasteiger charge is -2.26. The molecular weight excluding hydrogens is 282 g/mol. The number of carbonyl (C=O) groups is 1. The highest BCUT2D eigenvalue weighted by atomic mass is 16.2. The number of hydrogen-bond donors (Lipinski definition) is 1. The predicted octanol–water partition coefficient (Wildman–Crippen LogP) is -0.148. The number of rotatable bonds is 3. The van der Waals surface area contributed by atoms with E-state index in [1.54, 1.807) is 18.2 Å². The molecule has 7 heteroatoms. The van der Waals surface area contributed by atoms with Gasteiger partial charge in [-0.05, 0) is 12.1 Å². The van der Waals surface area contributed by atoms with E-state index in [0.29, 0.717) is 36.4 Å². The van der Waals surface area contributed by atoms with Crippen LogP contribution in [0.5, 0.6) is 0 Å². The van der Waals surface area contributed by atoms with Crippen LogP contribution in [0.3, 0.4) is 0 Å². The van der Waals surface area contributed by atoms with Crippen molar-refractivity contribution >= 4 is 16.8 Å². The molecule has 3 rings (SSSR count). The molecule has 0 saturated carbocycles. The van der Waals surface area contributed by atoms with E-state index in [1.807, 2.05) is 17.0 Å². The number of piperazine rings is 1. The van der Waals surface area contributed by atoms with Crippen molar-refractivity contribution in [2.45, 2.75) is 13.1 Å². The van der Waals surface area contributed by atoms with Crippen molar-refractivity contribution in [3.8, 4) is 6.07 Å². The van der Waals surface area contributed by atoms with Crippen LogP contribution < -0.4 is 10.9 Å². The number of aromatic nitrogens is 2. The summed E-state index contributed by atoms with van der Waals surface area (Å²) in [6.45, 7) is 1.87. The number of nitrogens with zero attached hydrogens (tertiary/aromatic N) is 4. The lowest BCUT2D eigenvalue weighted by molar-refractivity contribution is -0.124. The predicted molar refractivity (Wildman–Crippen MR) is 79.9 cm³/mol. The molecule has 112 valence electrons. The van der Waals surface area contributed by atoms with Crippen molar-refractivity contribution in [2.75, 3.05) is 19.6 Å². The average Bonchev–Trinajstić information content (AvgIpc) is 2.51. The van der Waals surface area contributed by atoms with Crippen molar-refractivity contribution in [1.82, 2.24) is 19.8 Å². The van der Waals surface area contributed by atoms with Gasteiger partial charge in [-0.1, -0.05) is 12.1 Å². The van der Waals surface area contributed by atoms with Crippen LogP contribution in [0.1, 0.15) is 5.82 Å². The molecule has 0 spiro atoms. The maximum atomic E-state index is 12.5. The Hall–Kier alpha value is -2.72. The molecule has 0 radical (unpaired) electrons. The van der Waals surface area contributed by atoms with Gasteiger partial charge in [-0.25, -0.2) is 4.98 Å². The number of nitrogens with one attached hydrogen (secondary N) is 1. The second kappa shape index (κ2) is 5.95. The van der Waals surface area contributed by atoms with Crippen LogP contribution in [0, 0.1) is 11.3 Å². The Morgan fingerprint density at radius 3 is 2.91 bits per heavy atom. The fourth-order valence-electron chi connectivity index (χ4n) is 2.59. The molecule has 0 bridgehead atoms. The summed E-state index contributed by atoms with van der Waals surface area (Å²) < 4.78 is 1.38. The molecule has 1 aliphatic heterocycles. The Morgan fingerprint density at radius 1 is 1.32 bits per heavy atom. The SMILES string of the molecule is N#CCn1c(CN2CCNC(=O)C2)nc2ccccc2c1=O. The van der Waals surface area contributed by atoms with E-state index in [4.69, 9.17) is 5.26 Å². The second-order valence-corrected chi connectivity index (χ2v) is 5.16. The van der Waals surface area contributed by atoms with Gasteiger partial charge in [-0.15, -0.1) is 0 Å². The third-order valence-electron chi connectivity index (χ3n) is 3.65. The van der Waals surface area contributed by atoms with Crippen LogP contribution in [-0.4, -0.2) is 40.0 Å². The minimum Gasteiger partial charge on any atom is -0.354 e. The monoisotopic (exact) mass is 297 g/mol. The molecule has 0 aliphatic carbocycles. The summed E-state index contributed by atoms with van der Waals surface area (Å²) >= 11 is 0. The number of carbonyl (C=O) groups excluding carboxylic acids is 1. The Labute approximate surface area is 126 Å². The van der Waals surface area contributed by atoms with Crippen LogP contribution in [0.4, 0.5) is 0 Å². The molecule has 1 amide bonds. The lowest BCUT2D eigenvalue weighted by atomic mass is 10.2. The molecular formula is C15H15N5O2. The van der Waals surface area contributed by atoms with Gasteiger partial charge < -0.3 is 5.32 Å². The van der Waals surface area contributed by atoms with E-state index in [-0.39, 0.29) is 24.6 Å². The fourth-order valence-corrected chi connectivity index (χ4v) is 2.59. The first kappa shape index (κ1) is 14.2. The van der Waals surface area contributed by atoms with Gasteiger partial charge in [-0.3, -0.25) is 19.1 Å². The number of nitriles is 1. The first-order valence-corrected chi connectivity index (χ1v) is 7.03. The van der Waals surface area contributed by atoms with Gasteiger partial charge in [0, 0.05) is 13.1 Å². The summed E-state index contributed by atoms with van der Waals surface area (Å²) in [5.74, 6) is 0.473. The molecule has 0 unspecified atom stereocenters. The average molecular weight is 297 g/mol. The normalized spacial score (nSPS) is 15.5. The van der Waals surface area contributed by atoms with Gasteiger partial charge >= 0.3 is 0 Å². The molecule has 1 saturated heterocycles. The first-order valence-electron chi connectivity index (χ1n) is 7.03. The maximum Gasteiger partial charge on any atom is 0.262 e. The quantitative estimate of drug-likeness (QED) is 0.851. The smallest absolute Gasteiger partial charge is 0.262 e. The zero-order chi connectivity index (χ0) is 15.5.